The van der Waals surface area contributed by atoms with Gasteiger partial charge in [-0.15, -0.1) is 0 Å². The van der Waals surface area contributed by atoms with E-state index in [1.165, 1.54) is 17.4 Å². The maximum Gasteiger partial charge on any atom is 0.258 e. The lowest BCUT2D eigenvalue weighted by atomic mass is 10.2. The third kappa shape index (κ3) is 4.65. The molecule has 27 heavy (non-hydrogen) atoms. The van der Waals surface area contributed by atoms with Gasteiger partial charge in [0.1, 0.15) is 0 Å². The average Bonchev–Trinajstić information content (AvgIpc) is 3.01. The molecular formula is C18H18ClN3O3S2. The summed E-state index contributed by atoms with van der Waals surface area (Å²) in [7, 11) is -3.59. The van der Waals surface area contributed by atoms with Crippen molar-refractivity contribution in [2.75, 3.05) is 11.9 Å². The predicted molar refractivity (Wildman–Crippen MR) is 109 cm³/mol. The molecule has 0 aliphatic carbocycles. The molecule has 0 fully saturated rings. The summed E-state index contributed by atoms with van der Waals surface area (Å²) >= 11 is 7.24. The van der Waals surface area contributed by atoms with Gasteiger partial charge in [-0.3, -0.25) is 10.1 Å². The van der Waals surface area contributed by atoms with Gasteiger partial charge in [0.05, 0.1) is 25.7 Å². The second kappa shape index (κ2) is 7.93. The summed E-state index contributed by atoms with van der Waals surface area (Å²) in [6.07, 6.45) is 0. The third-order valence-corrected chi connectivity index (χ3v) is 6.38. The van der Waals surface area contributed by atoms with Gasteiger partial charge in [0.15, 0.2) is 5.13 Å². The summed E-state index contributed by atoms with van der Waals surface area (Å²) in [5, 5.41) is 3.43. The molecule has 9 heteroatoms. The van der Waals surface area contributed by atoms with Crippen molar-refractivity contribution in [1.29, 1.82) is 0 Å². The van der Waals surface area contributed by atoms with Crippen molar-refractivity contribution in [1.82, 2.24) is 9.71 Å². The van der Waals surface area contributed by atoms with Crippen LogP contribution in [0.2, 0.25) is 5.02 Å². The van der Waals surface area contributed by atoms with Gasteiger partial charge in [-0.25, -0.2) is 18.1 Å². The molecule has 1 aromatic heterocycles. The largest absolute Gasteiger partial charge is 0.298 e. The zero-order chi connectivity index (χ0) is 19.6. The lowest BCUT2D eigenvalue weighted by molar-refractivity contribution is 0.102. The summed E-state index contributed by atoms with van der Waals surface area (Å²) in [5.41, 5.74) is 0.955. The number of anilines is 1. The number of fused-ring (bicyclic) bond motifs is 1. The molecule has 6 nitrogen and oxygen atoms in total. The van der Waals surface area contributed by atoms with E-state index in [4.69, 9.17) is 11.6 Å². The van der Waals surface area contributed by atoms with E-state index in [1.807, 2.05) is 13.8 Å². The molecule has 0 saturated heterocycles. The standard InChI is InChI=1S/C18H18ClN3O3S2/c1-11(2)10-20-27(24,25)12-7-8-15-16(9-12)26-18(21-15)22-17(23)13-5-3-4-6-14(13)19/h3-9,11,20H,10H2,1-2H3,(H,21,22,23). The minimum Gasteiger partial charge on any atom is -0.298 e. The Hall–Kier alpha value is -2.00. The Bertz CT molecular complexity index is 1090. The molecule has 0 aliphatic heterocycles. The van der Waals surface area contributed by atoms with Crippen molar-refractivity contribution in [3.05, 3.63) is 53.1 Å². The number of benzene rings is 2. The van der Waals surface area contributed by atoms with Crippen molar-refractivity contribution < 1.29 is 13.2 Å². The van der Waals surface area contributed by atoms with Gasteiger partial charge in [0, 0.05) is 6.54 Å². The van der Waals surface area contributed by atoms with Crippen molar-refractivity contribution in [3.8, 4) is 0 Å². The molecule has 0 bridgehead atoms. The second-order valence-corrected chi connectivity index (χ2v) is 9.53. The molecule has 0 unspecified atom stereocenters. The highest BCUT2D eigenvalue weighted by Gasteiger charge is 2.17. The number of aromatic nitrogens is 1. The van der Waals surface area contributed by atoms with Gasteiger partial charge in [-0.05, 0) is 36.2 Å². The predicted octanol–water partition coefficient (Wildman–Crippen LogP) is 4.14. The molecule has 2 N–H and O–H groups in total. The van der Waals surface area contributed by atoms with Gasteiger partial charge < -0.3 is 0 Å². The summed E-state index contributed by atoms with van der Waals surface area (Å²) < 4.78 is 28.0. The van der Waals surface area contributed by atoms with Gasteiger partial charge in [0.2, 0.25) is 10.0 Å². The minimum absolute atomic E-state index is 0.170. The first-order valence-corrected chi connectivity index (χ1v) is 10.9. The van der Waals surface area contributed by atoms with E-state index in [2.05, 4.69) is 15.0 Å². The average molecular weight is 424 g/mol. The third-order valence-electron chi connectivity index (χ3n) is 3.69. The normalized spacial score (nSPS) is 11.9. The van der Waals surface area contributed by atoms with Crippen LogP contribution in [0.1, 0.15) is 24.2 Å². The van der Waals surface area contributed by atoms with Crippen LogP contribution < -0.4 is 10.0 Å². The van der Waals surface area contributed by atoms with Crippen molar-refractivity contribution >= 4 is 54.2 Å². The fraction of sp³-hybridized carbons (Fsp3) is 0.222. The number of rotatable bonds is 6. The molecule has 0 atom stereocenters. The summed E-state index contributed by atoms with van der Waals surface area (Å²) in [6.45, 7) is 4.23. The SMILES string of the molecule is CC(C)CNS(=O)(=O)c1ccc2nc(NC(=O)c3ccccc3Cl)sc2c1. The number of hydrogen-bond donors (Lipinski definition) is 2. The Labute approximate surface area is 166 Å². The maximum atomic E-state index is 12.4. The molecule has 3 aromatic rings. The van der Waals surface area contributed by atoms with Crippen LogP contribution >= 0.6 is 22.9 Å². The van der Waals surface area contributed by atoms with Gasteiger partial charge in [-0.1, -0.05) is 48.9 Å². The number of hydrogen-bond acceptors (Lipinski definition) is 5. The van der Waals surface area contributed by atoms with E-state index in [0.717, 1.165) is 0 Å². The lowest BCUT2D eigenvalue weighted by Crippen LogP contribution is -2.27. The number of carbonyl (C=O) groups excluding carboxylic acids is 1. The first-order valence-electron chi connectivity index (χ1n) is 8.22. The first-order chi connectivity index (χ1) is 12.8. The maximum absolute atomic E-state index is 12.4. The van der Waals surface area contributed by atoms with Crippen LogP contribution in [-0.4, -0.2) is 25.9 Å². The molecule has 142 valence electrons. The van der Waals surface area contributed by atoms with Crippen molar-refractivity contribution in [2.45, 2.75) is 18.7 Å². The number of nitrogens with zero attached hydrogens (tertiary/aromatic N) is 1. The molecule has 1 amide bonds. The van der Waals surface area contributed by atoms with Crippen molar-refractivity contribution in [3.63, 3.8) is 0 Å². The van der Waals surface area contributed by atoms with Crippen molar-refractivity contribution in [2.24, 2.45) is 5.92 Å². The summed E-state index contributed by atoms with van der Waals surface area (Å²) in [5.74, 6) is -0.162. The van der Waals surface area contributed by atoms with E-state index in [-0.39, 0.29) is 16.7 Å². The Morgan fingerprint density at radius 3 is 2.67 bits per heavy atom. The Morgan fingerprint density at radius 2 is 1.96 bits per heavy atom. The highest BCUT2D eigenvalue weighted by molar-refractivity contribution is 7.89. The Balaban J connectivity index is 1.84. The van der Waals surface area contributed by atoms with Crippen LogP contribution in [0.25, 0.3) is 10.2 Å². The molecule has 2 aromatic carbocycles. The summed E-state index contributed by atoms with van der Waals surface area (Å²) in [4.78, 5) is 16.9. The zero-order valence-electron chi connectivity index (χ0n) is 14.7. The second-order valence-electron chi connectivity index (χ2n) is 6.33. The number of nitrogens with one attached hydrogen (secondary N) is 2. The highest BCUT2D eigenvalue weighted by Crippen LogP contribution is 2.29. The van der Waals surface area contributed by atoms with E-state index < -0.39 is 10.0 Å². The smallest absolute Gasteiger partial charge is 0.258 e. The van der Waals surface area contributed by atoms with Crippen LogP contribution in [-0.2, 0) is 10.0 Å². The van der Waals surface area contributed by atoms with Crippen LogP contribution in [0, 0.1) is 5.92 Å². The highest BCUT2D eigenvalue weighted by atomic mass is 35.5. The van der Waals surface area contributed by atoms with Gasteiger partial charge >= 0.3 is 0 Å². The number of sulfonamides is 1. The molecular weight excluding hydrogens is 406 g/mol. The van der Waals surface area contributed by atoms with E-state index in [9.17, 15) is 13.2 Å². The fourth-order valence-corrected chi connectivity index (χ4v) is 4.73. The molecule has 0 radical (unpaired) electrons. The van der Waals surface area contributed by atoms with E-state index >= 15 is 0 Å². The number of carbonyl (C=O) groups is 1. The van der Waals surface area contributed by atoms with Gasteiger partial charge in [0.25, 0.3) is 5.91 Å². The van der Waals surface area contributed by atoms with Crippen LogP contribution in [0.15, 0.2) is 47.4 Å². The number of amides is 1. The molecule has 3 rings (SSSR count). The number of thiazole rings is 1. The molecule has 0 spiro atoms. The summed E-state index contributed by atoms with van der Waals surface area (Å²) in [6, 6.07) is 11.4. The van der Waals surface area contributed by atoms with E-state index in [1.54, 1.807) is 36.4 Å². The fourth-order valence-electron chi connectivity index (χ4n) is 2.30. The van der Waals surface area contributed by atoms with Crippen LogP contribution in [0.3, 0.4) is 0 Å². The van der Waals surface area contributed by atoms with E-state index in [0.29, 0.717) is 32.5 Å². The minimum atomic E-state index is -3.59. The van der Waals surface area contributed by atoms with Crippen LogP contribution in [0.5, 0.6) is 0 Å². The Morgan fingerprint density at radius 1 is 1.22 bits per heavy atom. The quantitative estimate of drug-likeness (QED) is 0.623. The monoisotopic (exact) mass is 423 g/mol. The first kappa shape index (κ1) is 19.8. The molecule has 1 heterocycles. The lowest BCUT2D eigenvalue weighted by Gasteiger charge is -2.08. The number of halogens is 1. The topological polar surface area (TPSA) is 88.2 Å². The Kier molecular flexibility index (Phi) is 5.81. The zero-order valence-corrected chi connectivity index (χ0v) is 17.1. The molecule has 0 saturated carbocycles. The molecule has 0 aliphatic rings. The van der Waals surface area contributed by atoms with Gasteiger partial charge in [-0.2, -0.15) is 0 Å². The van der Waals surface area contributed by atoms with Crippen LogP contribution in [0.4, 0.5) is 5.13 Å².